The molecular weight excluding hydrogens is 272 g/mol. The Balaban J connectivity index is 1.83. The Hall–Kier alpha value is -1.35. The molecule has 2 aromatic rings. The molecule has 0 N–H and O–H groups in total. The van der Waals surface area contributed by atoms with Crippen LogP contribution in [0.15, 0.2) is 34.7 Å². The van der Waals surface area contributed by atoms with E-state index in [2.05, 4.69) is 17.1 Å². The molecule has 3 nitrogen and oxygen atoms in total. The first-order valence-corrected chi connectivity index (χ1v) is 7.66. The van der Waals surface area contributed by atoms with Gasteiger partial charge >= 0.3 is 0 Å². The molecule has 1 aromatic carbocycles. The number of nitrogens with zero attached hydrogens (tertiary/aromatic N) is 2. The number of benzene rings is 1. The monoisotopic (exact) mass is 290 g/mol. The van der Waals surface area contributed by atoms with Crippen molar-refractivity contribution in [3.8, 4) is 0 Å². The summed E-state index contributed by atoms with van der Waals surface area (Å²) in [5.74, 6) is 1.24. The normalized spacial score (nSPS) is 19.7. The van der Waals surface area contributed by atoms with Crippen LogP contribution in [0.2, 0.25) is 0 Å². The van der Waals surface area contributed by atoms with Crippen molar-refractivity contribution in [2.75, 3.05) is 0 Å². The van der Waals surface area contributed by atoms with Crippen LogP contribution < -0.4 is 0 Å². The minimum Gasteiger partial charge on any atom is -0.423 e. The molecule has 1 atom stereocenters. The van der Waals surface area contributed by atoms with Crippen molar-refractivity contribution in [1.29, 1.82) is 0 Å². The number of aromatic nitrogens is 2. The number of rotatable bonds is 3. The average Bonchev–Trinajstić information content (AvgIpc) is 2.99. The fourth-order valence-electron chi connectivity index (χ4n) is 2.89. The maximum Gasteiger partial charge on any atom is 0.238 e. The van der Waals surface area contributed by atoms with E-state index >= 15 is 0 Å². The Morgan fingerprint density at radius 2 is 1.80 bits per heavy atom. The van der Waals surface area contributed by atoms with Crippen molar-refractivity contribution in [1.82, 2.24) is 10.2 Å². The highest BCUT2D eigenvalue weighted by molar-refractivity contribution is 6.22. The van der Waals surface area contributed by atoms with Crippen LogP contribution in [-0.2, 0) is 5.41 Å². The van der Waals surface area contributed by atoms with E-state index < -0.39 is 0 Å². The van der Waals surface area contributed by atoms with Gasteiger partial charge in [-0.15, -0.1) is 21.8 Å². The Bertz CT molecular complexity index is 561. The molecule has 0 bridgehead atoms. The fourth-order valence-corrected chi connectivity index (χ4v) is 3.13. The van der Waals surface area contributed by atoms with Crippen molar-refractivity contribution >= 4 is 11.6 Å². The predicted octanol–water partition coefficient (Wildman–Crippen LogP) is 4.62. The average molecular weight is 291 g/mol. The van der Waals surface area contributed by atoms with Crippen LogP contribution in [0.4, 0.5) is 0 Å². The SMILES string of the molecule is CC1(c2nnc(C(Cl)c3ccccc3)o2)CCCCC1. The maximum absolute atomic E-state index is 6.43. The van der Waals surface area contributed by atoms with E-state index in [-0.39, 0.29) is 10.8 Å². The smallest absolute Gasteiger partial charge is 0.238 e. The van der Waals surface area contributed by atoms with E-state index in [1.165, 1.54) is 19.3 Å². The summed E-state index contributed by atoms with van der Waals surface area (Å²) in [5, 5.41) is 8.05. The van der Waals surface area contributed by atoms with Crippen LogP contribution in [0.5, 0.6) is 0 Å². The highest BCUT2D eigenvalue weighted by Gasteiger charge is 2.34. The number of alkyl halides is 1. The van der Waals surface area contributed by atoms with Gasteiger partial charge in [0, 0.05) is 5.41 Å². The molecule has 0 spiro atoms. The van der Waals surface area contributed by atoms with Crippen molar-refractivity contribution < 1.29 is 4.42 Å². The third kappa shape index (κ3) is 2.59. The Labute approximate surface area is 124 Å². The molecule has 20 heavy (non-hydrogen) atoms. The summed E-state index contributed by atoms with van der Waals surface area (Å²) in [6, 6.07) is 9.85. The van der Waals surface area contributed by atoms with Crippen LogP contribution in [0.3, 0.4) is 0 Å². The van der Waals surface area contributed by atoms with Gasteiger partial charge < -0.3 is 4.42 Å². The molecule has 0 radical (unpaired) electrons. The maximum atomic E-state index is 6.43. The first-order valence-electron chi connectivity index (χ1n) is 7.22. The van der Waals surface area contributed by atoms with E-state index in [9.17, 15) is 0 Å². The van der Waals surface area contributed by atoms with Crippen LogP contribution in [-0.4, -0.2) is 10.2 Å². The number of hydrogen-bond acceptors (Lipinski definition) is 3. The zero-order chi connectivity index (χ0) is 14.0. The second-order valence-electron chi connectivity index (χ2n) is 5.84. The molecule has 4 heteroatoms. The van der Waals surface area contributed by atoms with Gasteiger partial charge in [-0.25, -0.2) is 0 Å². The molecule has 1 aliphatic carbocycles. The largest absolute Gasteiger partial charge is 0.423 e. The zero-order valence-corrected chi connectivity index (χ0v) is 12.4. The second kappa shape index (κ2) is 5.57. The molecule has 1 unspecified atom stereocenters. The molecule has 106 valence electrons. The number of hydrogen-bond donors (Lipinski definition) is 0. The van der Waals surface area contributed by atoms with Crippen molar-refractivity contribution in [2.45, 2.75) is 49.8 Å². The highest BCUT2D eigenvalue weighted by atomic mass is 35.5. The third-order valence-electron chi connectivity index (χ3n) is 4.22. The first kappa shape index (κ1) is 13.6. The zero-order valence-electron chi connectivity index (χ0n) is 11.7. The van der Waals surface area contributed by atoms with E-state index in [4.69, 9.17) is 16.0 Å². The lowest BCUT2D eigenvalue weighted by molar-refractivity contribution is 0.252. The van der Waals surface area contributed by atoms with Gasteiger partial charge in [-0.1, -0.05) is 56.5 Å². The first-order chi connectivity index (χ1) is 9.69. The van der Waals surface area contributed by atoms with Crippen molar-refractivity contribution in [3.05, 3.63) is 47.7 Å². The van der Waals surface area contributed by atoms with Crippen LogP contribution in [0, 0.1) is 0 Å². The summed E-state index contributed by atoms with van der Waals surface area (Å²) >= 11 is 6.43. The minimum atomic E-state index is -0.371. The van der Waals surface area contributed by atoms with E-state index in [1.54, 1.807) is 0 Å². The lowest BCUT2D eigenvalue weighted by Gasteiger charge is -2.29. The van der Waals surface area contributed by atoms with Gasteiger partial charge in [-0.3, -0.25) is 0 Å². The van der Waals surface area contributed by atoms with Crippen molar-refractivity contribution in [2.24, 2.45) is 0 Å². The summed E-state index contributed by atoms with van der Waals surface area (Å²) in [4.78, 5) is 0. The molecule has 1 saturated carbocycles. The Morgan fingerprint density at radius 1 is 1.10 bits per heavy atom. The van der Waals surface area contributed by atoms with Crippen LogP contribution >= 0.6 is 11.6 Å². The summed E-state index contributed by atoms with van der Waals surface area (Å²) in [6.45, 7) is 2.22. The topological polar surface area (TPSA) is 38.9 Å². The van der Waals surface area contributed by atoms with Gasteiger partial charge in [0.25, 0.3) is 0 Å². The van der Waals surface area contributed by atoms with Gasteiger partial charge in [0.05, 0.1) is 0 Å². The molecule has 1 aliphatic rings. The lowest BCUT2D eigenvalue weighted by Crippen LogP contribution is -2.25. The van der Waals surface area contributed by atoms with Crippen molar-refractivity contribution in [3.63, 3.8) is 0 Å². The van der Waals surface area contributed by atoms with Gasteiger partial charge in [-0.2, -0.15) is 0 Å². The molecule has 1 aromatic heterocycles. The van der Waals surface area contributed by atoms with E-state index in [0.717, 1.165) is 24.3 Å². The summed E-state index contributed by atoms with van der Waals surface area (Å²) < 4.78 is 5.89. The summed E-state index contributed by atoms with van der Waals surface area (Å²) in [7, 11) is 0. The quantitative estimate of drug-likeness (QED) is 0.774. The van der Waals surface area contributed by atoms with Gasteiger partial charge in [-0.05, 0) is 18.4 Å². The molecule has 0 amide bonds. The second-order valence-corrected chi connectivity index (χ2v) is 6.28. The Kier molecular flexibility index (Phi) is 3.79. The van der Waals surface area contributed by atoms with E-state index in [1.807, 2.05) is 30.3 Å². The third-order valence-corrected chi connectivity index (χ3v) is 4.66. The van der Waals surface area contributed by atoms with Gasteiger partial charge in [0.1, 0.15) is 5.38 Å². The molecule has 0 aliphatic heterocycles. The predicted molar refractivity (Wildman–Crippen MR) is 78.9 cm³/mol. The van der Waals surface area contributed by atoms with Gasteiger partial charge in [0.2, 0.25) is 11.8 Å². The number of halogens is 1. The fraction of sp³-hybridized carbons (Fsp3) is 0.500. The molecule has 1 fully saturated rings. The van der Waals surface area contributed by atoms with Crippen LogP contribution in [0.1, 0.15) is 61.7 Å². The van der Waals surface area contributed by atoms with Crippen LogP contribution in [0.25, 0.3) is 0 Å². The Morgan fingerprint density at radius 3 is 2.50 bits per heavy atom. The van der Waals surface area contributed by atoms with Gasteiger partial charge in [0.15, 0.2) is 0 Å². The van der Waals surface area contributed by atoms with E-state index in [0.29, 0.717) is 5.89 Å². The summed E-state index contributed by atoms with van der Waals surface area (Å²) in [6.07, 6.45) is 6.01. The standard InChI is InChI=1S/C16H19ClN2O/c1-16(10-6-3-7-11-16)15-19-18-14(20-15)13(17)12-8-4-2-5-9-12/h2,4-5,8-9,13H,3,6-7,10-11H2,1H3. The molecule has 0 saturated heterocycles. The minimum absolute atomic E-state index is 0.0246. The molecule has 1 heterocycles. The highest BCUT2D eigenvalue weighted by Crippen LogP contribution is 2.39. The summed E-state index contributed by atoms with van der Waals surface area (Å²) in [5.41, 5.74) is 1.01. The lowest BCUT2D eigenvalue weighted by atomic mass is 9.76. The molecule has 3 rings (SSSR count). The molecular formula is C16H19ClN2O.